The van der Waals surface area contributed by atoms with E-state index < -0.39 is 10.8 Å². The summed E-state index contributed by atoms with van der Waals surface area (Å²) >= 11 is 0. The fourth-order valence-corrected chi connectivity index (χ4v) is 3.48. The van der Waals surface area contributed by atoms with E-state index in [4.69, 9.17) is 5.73 Å². The minimum Gasteiger partial charge on any atom is -0.378 e. The Bertz CT molecular complexity index is 1130. The Morgan fingerprint density at radius 2 is 2.13 bits per heavy atom. The van der Waals surface area contributed by atoms with E-state index in [-0.39, 0.29) is 28.7 Å². The highest BCUT2D eigenvalue weighted by Gasteiger charge is 2.26. The molecule has 0 spiro atoms. The van der Waals surface area contributed by atoms with Gasteiger partial charge in [0.05, 0.1) is 4.92 Å². The largest absolute Gasteiger partial charge is 0.378 e. The van der Waals surface area contributed by atoms with Crippen LogP contribution in [0.3, 0.4) is 0 Å². The molecule has 13 nitrogen and oxygen atoms in total. The van der Waals surface area contributed by atoms with Gasteiger partial charge in [-0.2, -0.15) is 9.78 Å². The lowest BCUT2D eigenvalue weighted by molar-refractivity contribution is -0.384. The molecule has 1 aliphatic carbocycles. The first-order chi connectivity index (χ1) is 15.0. The Labute approximate surface area is 175 Å². The summed E-state index contributed by atoms with van der Waals surface area (Å²) in [6.07, 6.45) is 7.30. The molecule has 0 radical (unpaired) electrons. The van der Waals surface area contributed by atoms with Crippen LogP contribution in [0.15, 0.2) is 34.0 Å². The number of hydrogen-bond donors (Lipinski definition) is 2. The molecule has 2 aromatic heterocycles. The van der Waals surface area contributed by atoms with Crippen molar-refractivity contribution in [1.82, 2.24) is 30.7 Å². The quantitative estimate of drug-likeness (QED) is 0.339. The minimum absolute atomic E-state index is 0.00115. The van der Waals surface area contributed by atoms with Crippen LogP contribution in [-0.4, -0.2) is 42.4 Å². The number of carbonyl (C=O) groups is 1. The highest BCUT2D eigenvalue weighted by atomic mass is 16.6. The summed E-state index contributed by atoms with van der Waals surface area (Å²) in [6, 6.07) is 5.69. The number of rotatable bonds is 6. The Hall–Kier alpha value is -4.16. The second kappa shape index (κ2) is 8.69. The van der Waals surface area contributed by atoms with Crippen LogP contribution in [0.5, 0.6) is 0 Å². The van der Waals surface area contributed by atoms with Crippen molar-refractivity contribution in [2.45, 2.75) is 32.1 Å². The summed E-state index contributed by atoms with van der Waals surface area (Å²) in [5.74, 6) is -0.394. The molecular weight excluding hydrogens is 406 g/mol. The molecule has 1 saturated carbocycles. The number of hydrogen-bond acceptors (Lipinski definition) is 10. The molecule has 13 heteroatoms. The van der Waals surface area contributed by atoms with Gasteiger partial charge in [-0.15, -0.1) is 5.10 Å². The molecule has 0 saturated heterocycles. The lowest BCUT2D eigenvalue weighted by atomic mass is 9.90. The van der Waals surface area contributed by atoms with Gasteiger partial charge < -0.3 is 5.73 Å². The van der Waals surface area contributed by atoms with Gasteiger partial charge in [-0.25, -0.2) is 10.1 Å². The third-order valence-electron chi connectivity index (χ3n) is 5.01. The third-order valence-corrected chi connectivity index (χ3v) is 5.01. The van der Waals surface area contributed by atoms with Crippen LogP contribution in [0, 0.1) is 16.0 Å². The van der Waals surface area contributed by atoms with E-state index in [0.29, 0.717) is 11.5 Å². The van der Waals surface area contributed by atoms with Gasteiger partial charge >= 0.3 is 0 Å². The summed E-state index contributed by atoms with van der Waals surface area (Å²) in [6.45, 7) is 0. The highest BCUT2D eigenvalue weighted by Crippen LogP contribution is 2.29. The molecule has 1 fully saturated rings. The maximum absolute atomic E-state index is 12.8. The van der Waals surface area contributed by atoms with Gasteiger partial charge in [0, 0.05) is 23.9 Å². The average molecular weight is 425 g/mol. The number of hydrazone groups is 1. The van der Waals surface area contributed by atoms with Gasteiger partial charge in [0.1, 0.15) is 5.69 Å². The van der Waals surface area contributed by atoms with Crippen molar-refractivity contribution in [2.24, 2.45) is 11.0 Å². The lowest BCUT2D eigenvalue weighted by Crippen LogP contribution is -2.20. The van der Waals surface area contributed by atoms with Crippen molar-refractivity contribution in [2.75, 3.05) is 5.73 Å². The average Bonchev–Trinajstić information content (AvgIpc) is 3.40. The number of nitrogen functional groups attached to an aromatic ring is 1. The molecular formula is C18H19N9O4. The number of non-ortho nitro benzene ring substituents is 1. The predicted octanol–water partition coefficient (Wildman–Crippen LogP) is 2.10. The van der Waals surface area contributed by atoms with Gasteiger partial charge in [-0.05, 0) is 29.1 Å². The summed E-state index contributed by atoms with van der Waals surface area (Å²) in [5, 5.41) is 30.3. The standard InChI is InChI=1S/C18H19N9O4/c19-16-17(24-31-23-16)26-15(12-7-4-8-13(9-12)27(29)30)14(21-25-26)18(28)22-20-10-11-5-2-1-3-6-11/h4,7-11H,1-3,5-6H2,(H2,19,23)(H,22,28). The monoisotopic (exact) mass is 425 g/mol. The van der Waals surface area contributed by atoms with Crippen molar-refractivity contribution in [3.63, 3.8) is 0 Å². The minimum atomic E-state index is -0.630. The topological polar surface area (TPSA) is 180 Å². The van der Waals surface area contributed by atoms with Crippen LogP contribution < -0.4 is 11.2 Å². The Morgan fingerprint density at radius 3 is 2.84 bits per heavy atom. The summed E-state index contributed by atoms with van der Waals surface area (Å²) < 4.78 is 5.75. The number of nitro benzene ring substituents is 1. The molecule has 4 rings (SSSR count). The van der Waals surface area contributed by atoms with Crippen molar-refractivity contribution in [1.29, 1.82) is 0 Å². The van der Waals surface area contributed by atoms with E-state index in [1.807, 2.05) is 0 Å². The first-order valence-electron chi connectivity index (χ1n) is 9.67. The van der Waals surface area contributed by atoms with Crippen LogP contribution in [0.1, 0.15) is 42.6 Å². The van der Waals surface area contributed by atoms with E-state index in [1.165, 1.54) is 24.6 Å². The molecule has 1 aromatic carbocycles. The third kappa shape index (κ3) is 4.24. The maximum Gasteiger partial charge on any atom is 0.294 e. The number of nitrogens with zero attached hydrogens (tertiary/aromatic N) is 7. The predicted molar refractivity (Wildman–Crippen MR) is 108 cm³/mol. The van der Waals surface area contributed by atoms with Gasteiger partial charge in [0.2, 0.25) is 11.6 Å². The summed E-state index contributed by atoms with van der Waals surface area (Å²) in [4.78, 5) is 23.5. The molecule has 31 heavy (non-hydrogen) atoms. The van der Waals surface area contributed by atoms with Gasteiger partial charge in [-0.1, -0.05) is 36.6 Å². The first-order valence-corrected chi connectivity index (χ1v) is 9.67. The number of anilines is 1. The molecule has 0 unspecified atom stereocenters. The molecule has 1 amide bonds. The molecule has 3 aromatic rings. The maximum atomic E-state index is 12.8. The van der Waals surface area contributed by atoms with Crippen LogP contribution in [0.25, 0.3) is 17.1 Å². The van der Waals surface area contributed by atoms with E-state index in [9.17, 15) is 14.9 Å². The number of nitrogens with two attached hydrogens (primary N) is 1. The van der Waals surface area contributed by atoms with Crippen LogP contribution in [-0.2, 0) is 0 Å². The van der Waals surface area contributed by atoms with Crippen molar-refractivity contribution < 1.29 is 14.3 Å². The highest BCUT2D eigenvalue weighted by molar-refractivity contribution is 5.98. The fourth-order valence-electron chi connectivity index (χ4n) is 3.48. The fraction of sp³-hybridized carbons (Fsp3) is 0.333. The van der Waals surface area contributed by atoms with Gasteiger partial charge in [-0.3, -0.25) is 14.9 Å². The number of aromatic nitrogens is 5. The van der Waals surface area contributed by atoms with Gasteiger partial charge in [0.15, 0.2) is 5.69 Å². The van der Waals surface area contributed by atoms with Crippen LogP contribution in [0.2, 0.25) is 0 Å². The Balaban J connectivity index is 1.69. The first kappa shape index (κ1) is 20.1. The second-order valence-corrected chi connectivity index (χ2v) is 7.10. The molecule has 1 aliphatic rings. The van der Waals surface area contributed by atoms with E-state index >= 15 is 0 Å². The van der Waals surface area contributed by atoms with E-state index in [2.05, 4.69) is 35.8 Å². The van der Waals surface area contributed by atoms with Crippen LogP contribution >= 0.6 is 0 Å². The molecule has 0 atom stereocenters. The van der Waals surface area contributed by atoms with E-state index in [0.717, 1.165) is 30.4 Å². The molecule has 3 N–H and O–H groups in total. The van der Waals surface area contributed by atoms with Gasteiger partial charge in [0.25, 0.3) is 11.6 Å². The van der Waals surface area contributed by atoms with Crippen LogP contribution in [0.4, 0.5) is 11.5 Å². The number of nitrogens with one attached hydrogen (secondary N) is 1. The zero-order chi connectivity index (χ0) is 21.8. The Morgan fingerprint density at radius 1 is 1.32 bits per heavy atom. The van der Waals surface area contributed by atoms with Crippen molar-refractivity contribution in [3.05, 3.63) is 40.1 Å². The summed E-state index contributed by atoms with van der Waals surface area (Å²) in [5.41, 5.74) is 8.38. The number of benzene rings is 1. The van der Waals surface area contributed by atoms with E-state index in [1.54, 1.807) is 12.3 Å². The SMILES string of the molecule is Nc1nonc1-n1nnc(C(=O)NN=CC2CCCCC2)c1-c1cccc([N+](=O)[O-])c1. The van der Waals surface area contributed by atoms with Crippen molar-refractivity contribution >= 4 is 23.6 Å². The normalized spacial score (nSPS) is 14.7. The second-order valence-electron chi connectivity index (χ2n) is 7.10. The molecule has 0 bridgehead atoms. The number of carbonyl (C=O) groups excluding carboxylic acids is 1. The molecule has 160 valence electrons. The molecule has 2 heterocycles. The zero-order valence-corrected chi connectivity index (χ0v) is 16.3. The molecule has 0 aliphatic heterocycles. The lowest BCUT2D eigenvalue weighted by Gasteiger charge is -2.16. The smallest absolute Gasteiger partial charge is 0.294 e. The number of nitro groups is 1. The van der Waals surface area contributed by atoms with Crippen molar-refractivity contribution in [3.8, 4) is 17.1 Å². The zero-order valence-electron chi connectivity index (χ0n) is 16.3. The number of amides is 1. The summed E-state index contributed by atoms with van der Waals surface area (Å²) in [7, 11) is 0. The Kier molecular flexibility index (Phi) is 5.64.